The Morgan fingerprint density at radius 1 is 1.14 bits per heavy atom. The van der Waals surface area contributed by atoms with Crippen molar-refractivity contribution in [3.05, 3.63) is 71.0 Å². The summed E-state index contributed by atoms with van der Waals surface area (Å²) < 4.78 is 13.0. The van der Waals surface area contributed by atoms with E-state index in [-0.39, 0.29) is 30.0 Å². The molecule has 1 unspecified atom stereocenters. The van der Waals surface area contributed by atoms with E-state index >= 15 is 0 Å². The van der Waals surface area contributed by atoms with Crippen LogP contribution in [0, 0.1) is 18.7 Å². The maximum absolute atomic E-state index is 13.0. The molecule has 2 aromatic rings. The molecule has 0 spiro atoms. The fourth-order valence-electron chi connectivity index (χ4n) is 3.73. The zero-order valence-electron chi connectivity index (χ0n) is 16.5. The topological polar surface area (TPSA) is 40.6 Å². The third-order valence-electron chi connectivity index (χ3n) is 5.44. The van der Waals surface area contributed by atoms with Gasteiger partial charge in [-0.2, -0.15) is 0 Å². The molecule has 3 rings (SSSR count). The number of carbonyl (C=O) groups is 2. The summed E-state index contributed by atoms with van der Waals surface area (Å²) >= 11 is 0. The first kappa shape index (κ1) is 20.1. The van der Waals surface area contributed by atoms with Crippen molar-refractivity contribution < 1.29 is 14.0 Å². The van der Waals surface area contributed by atoms with Crippen molar-refractivity contribution in [2.75, 3.05) is 20.1 Å². The van der Waals surface area contributed by atoms with Crippen LogP contribution in [0.1, 0.15) is 29.5 Å². The molecule has 0 bridgehead atoms. The fraction of sp³-hybridized carbons (Fsp3) is 0.391. The molecule has 5 heteroatoms. The number of hydrogen-bond acceptors (Lipinski definition) is 2. The van der Waals surface area contributed by atoms with E-state index in [1.807, 2.05) is 38.2 Å². The lowest BCUT2D eigenvalue weighted by atomic mass is 9.95. The van der Waals surface area contributed by atoms with Gasteiger partial charge in [-0.3, -0.25) is 9.59 Å². The van der Waals surface area contributed by atoms with Crippen molar-refractivity contribution in [2.45, 2.75) is 32.7 Å². The normalized spacial score (nSPS) is 16.7. The van der Waals surface area contributed by atoms with Gasteiger partial charge in [-0.15, -0.1) is 0 Å². The molecular weight excluding hydrogens is 355 g/mol. The summed E-state index contributed by atoms with van der Waals surface area (Å²) in [4.78, 5) is 29.1. The van der Waals surface area contributed by atoms with Crippen LogP contribution in [0.15, 0.2) is 48.5 Å². The smallest absolute Gasteiger partial charge is 0.227 e. The van der Waals surface area contributed by atoms with E-state index < -0.39 is 0 Å². The van der Waals surface area contributed by atoms with Gasteiger partial charge < -0.3 is 9.80 Å². The van der Waals surface area contributed by atoms with E-state index in [1.165, 1.54) is 17.7 Å². The highest BCUT2D eigenvalue weighted by atomic mass is 19.1. The van der Waals surface area contributed by atoms with Gasteiger partial charge in [0.05, 0.1) is 12.3 Å². The summed E-state index contributed by atoms with van der Waals surface area (Å²) in [7, 11) is 1.83. The molecule has 0 N–H and O–H groups in total. The summed E-state index contributed by atoms with van der Waals surface area (Å²) in [6.07, 6.45) is 1.86. The molecular formula is C23H27FN2O2. The average molecular weight is 382 g/mol. The molecule has 0 saturated carbocycles. The molecule has 1 aliphatic heterocycles. The van der Waals surface area contributed by atoms with Gasteiger partial charge in [-0.1, -0.05) is 36.4 Å². The largest absolute Gasteiger partial charge is 0.342 e. The van der Waals surface area contributed by atoms with Gasteiger partial charge in [0.2, 0.25) is 11.8 Å². The molecule has 2 aromatic carbocycles. The number of hydrogen-bond donors (Lipinski definition) is 0. The lowest BCUT2D eigenvalue weighted by Gasteiger charge is -2.34. The van der Waals surface area contributed by atoms with Gasteiger partial charge in [0, 0.05) is 26.7 Å². The number of amides is 2. The minimum Gasteiger partial charge on any atom is -0.342 e. The summed E-state index contributed by atoms with van der Waals surface area (Å²) in [6, 6.07) is 14.1. The summed E-state index contributed by atoms with van der Waals surface area (Å²) in [5.74, 6) is -0.398. The van der Waals surface area contributed by atoms with Crippen molar-refractivity contribution >= 4 is 11.8 Å². The Morgan fingerprint density at radius 2 is 1.86 bits per heavy atom. The van der Waals surface area contributed by atoms with Gasteiger partial charge in [-0.25, -0.2) is 4.39 Å². The zero-order valence-corrected chi connectivity index (χ0v) is 16.5. The van der Waals surface area contributed by atoms with Gasteiger partial charge in [0.15, 0.2) is 0 Å². The number of piperidine rings is 1. The molecule has 2 amide bonds. The van der Waals surface area contributed by atoms with Crippen molar-refractivity contribution in [1.29, 1.82) is 0 Å². The van der Waals surface area contributed by atoms with E-state index in [4.69, 9.17) is 0 Å². The van der Waals surface area contributed by atoms with Crippen LogP contribution in [0.25, 0.3) is 0 Å². The minimum atomic E-state index is -0.309. The van der Waals surface area contributed by atoms with Crippen molar-refractivity contribution in [1.82, 2.24) is 9.80 Å². The highest BCUT2D eigenvalue weighted by molar-refractivity contribution is 5.82. The molecule has 1 fully saturated rings. The lowest BCUT2D eigenvalue weighted by molar-refractivity contribution is -0.140. The Labute approximate surface area is 166 Å². The third-order valence-corrected chi connectivity index (χ3v) is 5.44. The predicted octanol–water partition coefficient (Wildman–Crippen LogP) is 3.57. The van der Waals surface area contributed by atoms with Crippen LogP contribution in [0.2, 0.25) is 0 Å². The van der Waals surface area contributed by atoms with E-state index in [0.29, 0.717) is 19.6 Å². The molecule has 0 aliphatic carbocycles. The van der Waals surface area contributed by atoms with Crippen LogP contribution in [0.3, 0.4) is 0 Å². The van der Waals surface area contributed by atoms with Crippen molar-refractivity contribution in [3.63, 3.8) is 0 Å². The highest BCUT2D eigenvalue weighted by Gasteiger charge is 2.30. The molecule has 1 heterocycles. The Hall–Kier alpha value is -2.69. The monoisotopic (exact) mass is 382 g/mol. The average Bonchev–Trinajstić information content (AvgIpc) is 2.71. The number of carbonyl (C=O) groups excluding carboxylic acids is 2. The zero-order chi connectivity index (χ0) is 20.1. The quantitative estimate of drug-likeness (QED) is 0.793. The Kier molecular flexibility index (Phi) is 6.45. The molecule has 1 aliphatic rings. The number of halogens is 1. The van der Waals surface area contributed by atoms with E-state index in [1.54, 1.807) is 21.9 Å². The van der Waals surface area contributed by atoms with Gasteiger partial charge >= 0.3 is 0 Å². The molecule has 1 atom stereocenters. The maximum Gasteiger partial charge on any atom is 0.227 e. The van der Waals surface area contributed by atoms with Crippen LogP contribution in [0.4, 0.5) is 4.39 Å². The number of rotatable bonds is 5. The lowest BCUT2D eigenvalue weighted by Crippen LogP contribution is -2.46. The SMILES string of the molecule is Cc1ccccc1CN(C)C(=O)C1CCCN(C(=O)Cc2ccc(F)cc2)C1. The van der Waals surface area contributed by atoms with Crippen LogP contribution >= 0.6 is 0 Å². The number of likely N-dealkylation sites (tertiary alicyclic amines) is 1. The number of nitrogens with zero attached hydrogens (tertiary/aromatic N) is 2. The first-order valence-electron chi connectivity index (χ1n) is 9.75. The fourth-order valence-corrected chi connectivity index (χ4v) is 3.73. The Balaban J connectivity index is 1.58. The second-order valence-corrected chi connectivity index (χ2v) is 7.60. The van der Waals surface area contributed by atoms with Crippen molar-refractivity contribution in [3.8, 4) is 0 Å². The number of aryl methyl sites for hydroxylation is 1. The second kappa shape index (κ2) is 9.00. The van der Waals surface area contributed by atoms with Crippen LogP contribution in [-0.4, -0.2) is 41.8 Å². The molecule has 0 radical (unpaired) electrons. The first-order valence-corrected chi connectivity index (χ1v) is 9.75. The molecule has 4 nitrogen and oxygen atoms in total. The summed E-state index contributed by atoms with van der Waals surface area (Å²) in [5.41, 5.74) is 3.09. The summed E-state index contributed by atoms with van der Waals surface area (Å²) in [5, 5.41) is 0. The summed E-state index contributed by atoms with van der Waals surface area (Å²) in [6.45, 7) is 3.75. The molecule has 148 valence electrons. The van der Waals surface area contributed by atoms with Crippen molar-refractivity contribution in [2.24, 2.45) is 5.92 Å². The standard InChI is InChI=1S/C23H27FN2O2/c1-17-6-3-4-7-19(17)15-25(2)23(28)20-8-5-13-26(16-20)22(27)14-18-9-11-21(24)12-10-18/h3-4,6-7,9-12,20H,5,8,13-16H2,1-2H3. The maximum atomic E-state index is 13.0. The van der Waals surface area contributed by atoms with Crippen LogP contribution in [-0.2, 0) is 22.6 Å². The highest BCUT2D eigenvalue weighted by Crippen LogP contribution is 2.21. The minimum absolute atomic E-state index is 0.00864. The molecule has 0 aromatic heterocycles. The van der Waals surface area contributed by atoms with Crippen LogP contribution in [0.5, 0.6) is 0 Å². The van der Waals surface area contributed by atoms with E-state index in [9.17, 15) is 14.0 Å². The van der Waals surface area contributed by atoms with Gasteiger partial charge in [0.1, 0.15) is 5.82 Å². The second-order valence-electron chi connectivity index (χ2n) is 7.60. The molecule has 1 saturated heterocycles. The van der Waals surface area contributed by atoms with Gasteiger partial charge in [0.25, 0.3) is 0 Å². The Bertz CT molecular complexity index is 835. The predicted molar refractivity (Wildman–Crippen MR) is 107 cm³/mol. The van der Waals surface area contributed by atoms with Gasteiger partial charge in [-0.05, 0) is 48.6 Å². The Morgan fingerprint density at radius 3 is 2.57 bits per heavy atom. The molecule has 28 heavy (non-hydrogen) atoms. The van der Waals surface area contributed by atoms with Crippen LogP contribution < -0.4 is 0 Å². The number of benzene rings is 2. The third kappa shape index (κ3) is 4.97. The van der Waals surface area contributed by atoms with E-state index in [2.05, 4.69) is 0 Å². The van der Waals surface area contributed by atoms with E-state index in [0.717, 1.165) is 24.0 Å². The first-order chi connectivity index (χ1) is 13.4.